The maximum atomic E-state index is 6.24. The zero-order valence-corrected chi connectivity index (χ0v) is 13.4. The Bertz CT molecular complexity index is 396. The molecule has 0 saturated heterocycles. The molecule has 0 radical (unpaired) electrons. The number of halogens is 2. The molecule has 2 nitrogen and oxygen atoms in total. The minimum atomic E-state index is 0.531. The van der Waals surface area contributed by atoms with Crippen LogP contribution < -0.4 is 10.1 Å². The van der Waals surface area contributed by atoms with Crippen molar-refractivity contribution in [2.24, 2.45) is 5.92 Å². The molecule has 1 unspecified atom stereocenters. The van der Waals surface area contributed by atoms with Gasteiger partial charge in [0.15, 0.2) is 0 Å². The van der Waals surface area contributed by atoms with E-state index in [4.69, 9.17) is 27.9 Å². The highest BCUT2D eigenvalue weighted by atomic mass is 35.5. The van der Waals surface area contributed by atoms with Crippen LogP contribution in [-0.4, -0.2) is 13.2 Å². The fraction of sp³-hybridized carbons (Fsp3) is 0.600. The molecule has 1 aromatic rings. The molecule has 1 rings (SSSR count). The number of nitrogens with one attached hydrogen (secondary N) is 1. The van der Waals surface area contributed by atoms with Crippen LogP contribution in [0.15, 0.2) is 12.1 Å². The average molecular weight is 304 g/mol. The minimum Gasteiger partial charge on any atom is -0.491 e. The van der Waals surface area contributed by atoms with Crippen molar-refractivity contribution in [3.05, 3.63) is 27.7 Å². The van der Waals surface area contributed by atoms with Crippen molar-refractivity contribution in [2.45, 2.75) is 40.2 Å². The lowest BCUT2D eigenvalue weighted by Crippen LogP contribution is -2.15. The fourth-order valence-corrected chi connectivity index (χ4v) is 2.56. The number of benzene rings is 1. The van der Waals surface area contributed by atoms with Gasteiger partial charge in [0.1, 0.15) is 5.75 Å². The molecule has 0 bridgehead atoms. The molecule has 0 heterocycles. The van der Waals surface area contributed by atoms with Crippen LogP contribution in [0.4, 0.5) is 0 Å². The van der Waals surface area contributed by atoms with Gasteiger partial charge in [0.25, 0.3) is 0 Å². The van der Waals surface area contributed by atoms with Gasteiger partial charge in [-0.05, 0) is 31.0 Å². The highest BCUT2D eigenvalue weighted by Crippen LogP contribution is 2.33. The van der Waals surface area contributed by atoms with Gasteiger partial charge >= 0.3 is 0 Å². The summed E-state index contributed by atoms with van der Waals surface area (Å²) in [5.74, 6) is 1.29. The molecule has 4 heteroatoms. The van der Waals surface area contributed by atoms with E-state index < -0.39 is 0 Å². The van der Waals surface area contributed by atoms with E-state index in [0.29, 0.717) is 29.1 Å². The van der Waals surface area contributed by atoms with Gasteiger partial charge < -0.3 is 10.1 Å². The highest BCUT2D eigenvalue weighted by Gasteiger charge is 2.12. The molecule has 0 aliphatic rings. The Morgan fingerprint density at radius 2 is 2.00 bits per heavy atom. The quantitative estimate of drug-likeness (QED) is 0.736. The SMILES string of the molecule is CCCC(C)COc1c(Cl)cc(Cl)cc1CNCC. The second-order valence-electron chi connectivity index (χ2n) is 4.86. The van der Waals surface area contributed by atoms with E-state index in [2.05, 4.69) is 26.1 Å². The Kier molecular flexibility index (Phi) is 7.59. The lowest BCUT2D eigenvalue weighted by atomic mass is 10.1. The molecular weight excluding hydrogens is 281 g/mol. The van der Waals surface area contributed by atoms with Gasteiger partial charge in [-0.3, -0.25) is 0 Å². The Labute approximate surface area is 126 Å². The van der Waals surface area contributed by atoms with Gasteiger partial charge in [-0.15, -0.1) is 0 Å². The standard InChI is InChI=1S/C15H23Cl2NO/c1-4-6-11(3)10-19-15-12(9-18-5-2)7-13(16)8-14(15)17/h7-8,11,18H,4-6,9-10H2,1-3H3. The van der Waals surface area contributed by atoms with Crippen molar-refractivity contribution < 1.29 is 4.74 Å². The van der Waals surface area contributed by atoms with Crippen molar-refractivity contribution in [3.8, 4) is 5.75 Å². The molecule has 0 spiro atoms. The van der Waals surface area contributed by atoms with Crippen LogP contribution in [0.2, 0.25) is 10.0 Å². The zero-order valence-electron chi connectivity index (χ0n) is 11.9. The van der Waals surface area contributed by atoms with Crippen LogP contribution >= 0.6 is 23.2 Å². The Morgan fingerprint density at radius 1 is 1.26 bits per heavy atom. The molecule has 1 aromatic carbocycles. The highest BCUT2D eigenvalue weighted by molar-refractivity contribution is 6.35. The van der Waals surface area contributed by atoms with E-state index in [1.54, 1.807) is 6.07 Å². The predicted octanol–water partition coefficient (Wildman–Crippen LogP) is 4.92. The average Bonchev–Trinajstić information content (AvgIpc) is 2.35. The summed E-state index contributed by atoms with van der Waals surface area (Å²) in [6.45, 7) is 8.74. The van der Waals surface area contributed by atoms with Crippen molar-refractivity contribution in [2.75, 3.05) is 13.2 Å². The van der Waals surface area contributed by atoms with Crippen LogP contribution in [0.3, 0.4) is 0 Å². The maximum absolute atomic E-state index is 6.24. The summed E-state index contributed by atoms with van der Waals surface area (Å²) in [5, 5.41) is 4.51. The number of hydrogen-bond acceptors (Lipinski definition) is 2. The monoisotopic (exact) mass is 303 g/mol. The minimum absolute atomic E-state index is 0.531. The first kappa shape index (κ1) is 16.6. The second-order valence-corrected chi connectivity index (χ2v) is 5.70. The second kappa shape index (κ2) is 8.68. The maximum Gasteiger partial charge on any atom is 0.142 e. The summed E-state index contributed by atoms with van der Waals surface area (Å²) >= 11 is 12.3. The van der Waals surface area contributed by atoms with Gasteiger partial charge in [0, 0.05) is 17.1 Å². The summed E-state index contributed by atoms with van der Waals surface area (Å²) in [6, 6.07) is 3.65. The van der Waals surface area contributed by atoms with Crippen LogP contribution in [0.1, 0.15) is 39.2 Å². The third-order valence-electron chi connectivity index (χ3n) is 2.94. The van der Waals surface area contributed by atoms with Gasteiger partial charge in [0.05, 0.1) is 11.6 Å². The van der Waals surface area contributed by atoms with Gasteiger partial charge in [-0.25, -0.2) is 0 Å². The summed E-state index contributed by atoms with van der Waals surface area (Å²) in [4.78, 5) is 0. The lowest BCUT2D eigenvalue weighted by Gasteiger charge is -2.17. The number of hydrogen-bond donors (Lipinski definition) is 1. The summed E-state index contributed by atoms with van der Waals surface area (Å²) in [6.07, 6.45) is 2.33. The van der Waals surface area contributed by atoms with Crippen molar-refractivity contribution in [1.29, 1.82) is 0 Å². The zero-order chi connectivity index (χ0) is 14.3. The molecule has 0 fully saturated rings. The molecule has 1 atom stereocenters. The molecule has 1 N–H and O–H groups in total. The third-order valence-corrected chi connectivity index (χ3v) is 3.44. The van der Waals surface area contributed by atoms with E-state index in [9.17, 15) is 0 Å². The van der Waals surface area contributed by atoms with Crippen LogP contribution in [0, 0.1) is 5.92 Å². The smallest absolute Gasteiger partial charge is 0.142 e. The van der Waals surface area contributed by atoms with Crippen molar-refractivity contribution >= 4 is 23.2 Å². The van der Waals surface area contributed by atoms with E-state index >= 15 is 0 Å². The molecule has 108 valence electrons. The first-order valence-electron chi connectivity index (χ1n) is 6.89. The Balaban J connectivity index is 2.78. The summed E-state index contributed by atoms with van der Waals surface area (Å²) in [7, 11) is 0. The Hall–Kier alpha value is -0.440. The first-order valence-corrected chi connectivity index (χ1v) is 7.65. The lowest BCUT2D eigenvalue weighted by molar-refractivity contribution is 0.249. The Morgan fingerprint density at radius 3 is 2.63 bits per heavy atom. The van der Waals surface area contributed by atoms with Crippen LogP contribution in [0.5, 0.6) is 5.75 Å². The van der Waals surface area contributed by atoms with Crippen LogP contribution in [0.25, 0.3) is 0 Å². The molecule has 0 aliphatic carbocycles. The molecular formula is C15H23Cl2NO. The molecule has 0 aliphatic heterocycles. The van der Waals surface area contributed by atoms with E-state index in [-0.39, 0.29) is 0 Å². The topological polar surface area (TPSA) is 21.3 Å². The molecule has 0 amide bonds. The largest absolute Gasteiger partial charge is 0.491 e. The molecule has 0 aromatic heterocycles. The summed E-state index contributed by atoms with van der Waals surface area (Å²) < 4.78 is 5.90. The predicted molar refractivity (Wildman–Crippen MR) is 83.4 cm³/mol. The van der Waals surface area contributed by atoms with E-state index in [1.165, 1.54) is 6.42 Å². The van der Waals surface area contributed by atoms with E-state index in [0.717, 1.165) is 24.3 Å². The number of rotatable bonds is 8. The molecule has 19 heavy (non-hydrogen) atoms. The normalized spacial score (nSPS) is 12.5. The van der Waals surface area contributed by atoms with E-state index in [1.807, 2.05) is 6.07 Å². The molecule has 0 saturated carbocycles. The van der Waals surface area contributed by atoms with Crippen molar-refractivity contribution in [1.82, 2.24) is 5.32 Å². The summed E-state index contributed by atoms with van der Waals surface area (Å²) in [5.41, 5.74) is 1.02. The van der Waals surface area contributed by atoms with Gasteiger partial charge in [-0.1, -0.05) is 50.4 Å². The first-order chi connectivity index (χ1) is 9.08. The number of ether oxygens (including phenoxy) is 1. The third kappa shape index (κ3) is 5.60. The van der Waals surface area contributed by atoms with Gasteiger partial charge in [0.2, 0.25) is 0 Å². The van der Waals surface area contributed by atoms with Crippen molar-refractivity contribution in [3.63, 3.8) is 0 Å². The van der Waals surface area contributed by atoms with Gasteiger partial charge in [-0.2, -0.15) is 0 Å². The fourth-order valence-electron chi connectivity index (χ4n) is 1.97. The van der Waals surface area contributed by atoms with Crippen LogP contribution in [-0.2, 0) is 6.54 Å².